The number of unbranched alkanes of at least 4 members (excludes halogenated alkanes) is 1. The highest BCUT2D eigenvalue weighted by molar-refractivity contribution is 9.10. The number of carbonyl (C=O) groups is 2. The fourth-order valence-corrected chi connectivity index (χ4v) is 2.05. The van der Waals surface area contributed by atoms with Crippen LogP contribution in [0.2, 0.25) is 0 Å². The first-order chi connectivity index (χ1) is 8.99. The van der Waals surface area contributed by atoms with E-state index in [4.69, 9.17) is 5.11 Å². The van der Waals surface area contributed by atoms with Gasteiger partial charge in [-0.15, -0.1) is 0 Å². The molecule has 1 aromatic rings. The molecule has 0 unspecified atom stereocenters. The molecule has 0 saturated carbocycles. The van der Waals surface area contributed by atoms with Crippen LogP contribution >= 0.6 is 15.9 Å². The molecular weight excluding hydrogens is 310 g/mol. The van der Waals surface area contributed by atoms with Gasteiger partial charge in [0.25, 0.3) is 0 Å². The molecule has 0 aromatic heterocycles. The summed E-state index contributed by atoms with van der Waals surface area (Å²) in [6, 6.07) is 5.85. The van der Waals surface area contributed by atoms with E-state index in [9.17, 15) is 9.59 Å². The SMILES string of the molecule is Cc1ccc(CC(=O)NCCCCC(=O)O)cc1Br. The Morgan fingerprint density at radius 2 is 2.05 bits per heavy atom. The van der Waals surface area contributed by atoms with E-state index in [0.29, 0.717) is 25.8 Å². The molecule has 0 atom stereocenters. The van der Waals surface area contributed by atoms with Crippen molar-refractivity contribution in [3.8, 4) is 0 Å². The lowest BCUT2D eigenvalue weighted by atomic mass is 10.1. The van der Waals surface area contributed by atoms with Crippen LogP contribution in [0.15, 0.2) is 22.7 Å². The van der Waals surface area contributed by atoms with Crippen LogP contribution in [0.4, 0.5) is 0 Å². The van der Waals surface area contributed by atoms with Crippen LogP contribution in [0, 0.1) is 6.92 Å². The second-order valence-corrected chi connectivity index (χ2v) is 5.32. The number of rotatable bonds is 7. The molecule has 0 aliphatic carbocycles. The van der Waals surface area contributed by atoms with Crippen molar-refractivity contribution in [1.82, 2.24) is 5.32 Å². The molecule has 1 rings (SSSR count). The predicted octanol–water partition coefficient (Wildman–Crippen LogP) is 2.67. The first kappa shape index (κ1) is 15.7. The predicted molar refractivity (Wildman–Crippen MR) is 77.1 cm³/mol. The molecule has 0 heterocycles. The number of hydrogen-bond acceptors (Lipinski definition) is 2. The molecule has 19 heavy (non-hydrogen) atoms. The van der Waals surface area contributed by atoms with Crippen molar-refractivity contribution in [1.29, 1.82) is 0 Å². The second kappa shape index (κ2) is 7.94. The number of benzene rings is 1. The third-order valence-electron chi connectivity index (χ3n) is 2.74. The monoisotopic (exact) mass is 327 g/mol. The van der Waals surface area contributed by atoms with Gasteiger partial charge in [0.05, 0.1) is 6.42 Å². The summed E-state index contributed by atoms with van der Waals surface area (Å²) in [6.07, 6.45) is 1.78. The summed E-state index contributed by atoms with van der Waals surface area (Å²) in [6.45, 7) is 2.52. The summed E-state index contributed by atoms with van der Waals surface area (Å²) < 4.78 is 0.999. The van der Waals surface area contributed by atoms with Crippen LogP contribution in [0.5, 0.6) is 0 Å². The van der Waals surface area contributed by atoms with Crippen molar-refractivity contribution in [2.45, 2.75) is 32.6 Å². The van der Waals surface area contributed by atoms with E-state index in [0.717, 1.165) is 15.6 Å². The zero-order chi connectivity index (χ0) is 14.3. The summed E-state index contributed by atoms with van der Waals surface area (Å²) in [5.74, 6) is -0.832. The molecule has 0 bridgehead atoms. The van der Waals surface area contributed by atoms with Crippen molar-refractivity contribution < 1.29 is 14.7 Å². The highest BCUT2D eigenvalue weighted by Crippen LogP contribution is 2.17. The number of carboxylic acid groups (broad SMARTS) is 1. The van der Waals surface area contributed by atoms with E-state index in [2.05, 4.69) is 21.2 Å². The summed E-state index contributed by atoms with van der Waals surface area (Å²) in [5.41, 5.74) is 2.10. The Hall–Kier alpha value is -1.36. The lowest BCUT2D eigenvalue weighted by Gasteiger charge is -2.06. The molecule has 0 aliphatic heterocycles. The Balaban J connectivity index is 2.27. The van der Waals surface area contributed by atoms with E-state index in [1.807, 2.05) is 25.1 Å². The first-order valence-electron chi connectivity index (χ1n) is 6.22. The molecule has 0 fully saturated rings. The molecule has 5 heteroatoms. The van der Waals surface area contributed by atoms with Crippen LogP contribution in [0.25, 0.3) is 0 Å². The highest BCUT2D eigenvalue weighted by atomic mass is 79.9. The lowest BCUT2D eigenvalue weighted by molar-refractivity contribution is -0.137. The molecule has 1 amide bonds. The van der Waals surface area contributed by atoms with E-state index in [1.165, 1.54) is 0 Å². The van der Waals surface area contributed by atoms with E-state index < -0.39 is 5.97 Å². The van der Waals surface area contributed by atoms with Gasteiger partial charge in [-0.3, -0.25) is 9.59 Å². The van der Waals surface area contributed by atoms with Crippen molar-refractivity contribution >= 4 is 27.8 Å². The number of hydrogen-bond donors (Lipinski definition) is 2. The third-order valence-corrected chi connectivity index (χ3v) is 3.59. The zero-order valence-electron chi connectivity index (χ0n) is 10.9. The Labute approximate surface area is 121 Å². The van der Waals surface area contributed by atoms with Crippen molar-refractivity contribution in [3.05, 3.63) is 33.8 Å². The average molecular weight is 328 g/mol. The van der Waals surface area contributed by atoms with E-state index >= 15 is 0 Å². The number of aryl methyl sites for hydroxylation is 1. The van der Waals surface area contributed by atoms with Crippen molar-refractivity contribution in [3.63, 3.8) is 0 Å². The summed E-state index contributed by atoms with van der Waals surface area (Å²) in [5, 5.41) is 11.3. The zero-order valence-corrected chi connectivity index (χ0v) is 12.5. The third kappa shape index (κ3) is 6.38. The van der Waals surface area contributed by atoms with Crippen molar-refractivity contribution in [2.24, 2.45) is 0 Å². The number of carbonyl (C=O) groups excluding carboxylic acids is 1. The minimum Gasteiger partial charge on any atom is -0.481 e. The van der Waals surface area contributed by atoms with Crippen LogP contribution in [-0.2, 0) is 16.0 Å². The maximum absolute atomic E-state index is 11.7. The van der Waals surface area contributed by atoms with E-state index in [-0.39, 0.29) is 12.3 Å². The van der Waals surface area contributed by atoms with E-state index in [1.54, 1.807) is 0 Å². The summed E-state index contributed by atoms with van der Waals surface area (Å²) in [4.78, 5) is 22.0. The number of amides is 1. The number of carboxylic acids is 1. The maximum Gasteiger partial charge on any atom is 0.303 e. The molecule has 2 N–H and O–H groups in total. The second-order valence-electron chi connectivity index (χ2n) is 4.46. The van der Waals surface area contributed by atoms with Gasteiger partial charge in [0.15, 0.2) is 0 Å². The van der Waals surface area contributed by atoms with Gasteiger partial charge in [0.1, 0.15) is 0 Å². The fourth-order valence-electron chi connectivity index (χ4n) is 1.62. The van der Waals surface area contributed by atoms with Gasteiger partial charge in [-0.1, -0.05) is 28.1 Å². The first-order valence-corrected chi connectivity index (χ1v) is 7.02. The molecule has 0 spiro atoms. The minimum absolute atomic E-state index is 0.0360. The topological polar surface area (TPSA) is 66.4 Å². The molecule has 0 radical (unpaired) electrons. The quantitative estimate of drug-likeness (QED) is 0.756. The van der Waals surface area contributed by atoms with Crippen molar-refractivity contribution in [2.75, 3.05) is 6.54 Å². The molecule has 4 nitrogen and oxygen atoms in total. The Morgan fingerprint density at radius 3 is 2.68 bits per heavy atom. The van der Waals surface area contributed by atoms with Crippen LogP contribution in [0.3, 0.4) is 0 Å². The average Bonchev–Trinajstić information content (AvgIpc) is 2.33. The maximum atomic E-state index is 11.7. The van der Waals surface area contributed by atoms with Crippen LogP contribution in [-0.4, -0.2) is 23.5 Å². The van der Waals surface area contributed by atoms with Crippen LogP contribution < -0.4 is 5.32 Å². The summed E-state index contributed by atoms with van der Waals surface area (Å²) >= 11 is 3.44. The molecular formula is C14H18BrNO3. The summed E-state index contributed by atoms with van der Waals surface area (Å²) in [7, 11) is 0. The van der Waals surface area contributed by atoms with Gasteiger partial charge in [0.2, 0.25) is 5.91 Å². The number of halogens is 1. The number of aliphatic carboxylic acids is 1. The Bertz CT molecular complexity index is 460. The van der Waals surface area contributed by atoms with Gasteiger partial charge in [0, 0.05) is 17.4 Å². The van der Waals surface area contributed by atoms with Gasteiger partial charge >= 0.3 is 5.97 Å². The highest BCUT2D eigenvalue weighted by Gasteiger charge is 2.04. The Kier molecular flexibility index (Phi) is 6.56. The number of nitrogens with one attached hydrogen (secondary N) is 1. The van der Waals surface area contributed by atoms with Crippen LogP contribution in [0.1, 0.15) is 30.4 Å². The fraction of sp³-hybridized carbons (Fsp3) is 0.429. The van der Waals surface area contributed by atoms with Gasteiger partial charge in [-0.2, -0.15) is 0 Å². The molecule has 104 valence electrons. The molecule has 0 aliphatic rings. The normalized spacial score (nSPS) is 10.2. The molecule has 1 aromatic carbocycles. The van der Waals surface area contributed by atoms with Gasteiger partial charge < -0.3 is 10.4 Å². The standard InChI is InChI=1S/C14H18BrNO3/c1-10-5-6-11(8-12(10)15)9-13(17)16-7-3-2-4-14(18)19/h5-6,8H,2-4,7,9H2,1H3,(H,16,17)(H,18,19). The lowest BCUT2D eigenvalue weighted by Crippen LogP contribution is -2.26. The molecule has 0 saturated heterocycles. The van der Waals surface area contributed by atoms with Gasteiger partial charge in [-0.25, -0.2) is 0 Å². The van der Waals surface area contributed by atoms with Gasteiger partial charge in [-0.05, 0) is 37.0 Å². The Morgan fingerprint density at radius 1 is 1.32 bits per heavy atom. The largest absolute Gasteiger partial charge is 0.481 e. The smallest absolute Gasteiger partial charge is 0.303 e. The minimum atomic E-state index is -0.796.